The lowest BCUT2D eigenvalue weighted by Gasteiger charge is -2.09. The second-order valence-electron chi connectivity index (χ2n) is 5.13. The number of hydrogen-bond acceptors (Lipinski definition) is 4. The first-order chi connectivity index (χ1) is 11.4. The van der Waals surface area contributed by atoms with Crippen LogP contribution in [0.15, 0.2) is 60.9 Å². The Morgan fingerprint density at radius 2 is 1.92 bits per heavy atom. The Hall–Kier alpha value is -2.35. The zero-order valence-electron chi connectivity index (χ0n) is 12.5. The molecule has 0 amide bonds. The van der Waals surface area contributed by atoms with E-state index >= 15 is 0 Å². The second-order valence-corrected chi connectivity index (χ2v) is 6.68. The van der Waals surface area contributed by atoms with Gasteiger partial charge in [-0.05, 0) is 41.0 Å². The predicted molar refractivity (Wildman–Crippen MR) is 92.0 cm³/mol. The molecule has 0 bridgehead atoms. The molecule has 1 aromatic heterocycles. The van der Waals surface area contributed by atoms with Crippen molar-refractivity contribution in [1.82, 2.24) is 9.78 Å². The van der Waals surface area contributed by atoms with Crippen LogP contribution in [0.1, 0.15) is 5.56 Å². The van der Waals surface area contributed by atoms with Gasteiger partial charge >= 0.3 is 10.3 Å². The SMILES string of the molecule is NS(=O)(=O)Oc1ccc(-c2cccc(Cn3cccn3)c2)cc1Cl. The summed E-state index contributed by atoms with van der Waals surface area (Å²) in [4.78, 5) is 0. The van der Waals surface area contributed by atoms with Crippen molar-refractivity contribution in [3.05, 3.63) is 71.5 Å². The summed E-state index contributed by atoms with van der Waals surface area (Å²) in [6.45, 7) is 0.654. The van der Waals surface area contributed by atoms with Crippen molar-refractivity contribution in [1.29, 1.82) is 0 Å². The van der Waals surface area contributed by atoms with Gasteiger partial charge in [0, 0.05) is 12.4 Å². The second kappa shape index (κ2) is 6.64. The minimum absolute atomic E-state index is 0.00406. The topological polar surface area (TPSA) is 87.2 Å². The number of halogens is 1. The van der Waals surface area contributed by atoms with E-state index in [2.05, 4.69) is 9.28 Å². The van der Waals surface area contributed by atoms with Crippen LogP contribution in [0, 0.1) is 0 Å². The highest BCUT2D eigenvalue weighted by molar-refractivity contribution is 7.84. The number of nitrogens with zero attached hydrogens (tertiary/aromatic N) is 2. The number of nitrogens with two attached hydrogens (primary N) is 1. The molecule has 0 aliphatic heterocycles. The summed E-state index contributed by atoms with van der Waals surface area (Å²) in [7, 11) is -4.11. The number of benzene rings is 2. The Balaban J connectivity index is 1.87. The van der Waals surface area contributed by atoms with Gasteiger partial charge in [-0.2, -0.15) is 18.7 Å². The van der Waals surface area contributed by atoms with Crippen LogP contribution in [0.4, 0.5) is 0 Å². The summed E-state index contributed by atoms with van der Waals surface area (Å²) in [6.07, 6.45) is 3.62. The van der Waals surface area contributed by atoms with Gasteiger partial charge in [0.05, 0.1) is 11.6 Å². The maximum absolute atomic E-state index is 11.0. The average molecular weight is 364 g/mol. The Kier molecular flexibility index (Phi) is 4.57. The van der Waals surface area contributed by atoms with Crippen LogP contribution >= 0.6 is 11.6 Å². The van der Waals surface area contributed by atoms with E-state index in [1.165, 1.54) is 6.07 Å². The molecule has 0 spiro atoms. The number of rotatable bonds is 5. The van der Waals surface area contributed by atoms with E-state index in [-0.39, 0.29) is 10.8 Å². The summed E-state index contributed by atoms with van der Waals surface area (Å²) < 4.78 is 28.4. The minimum atomic E-state index is -4.11. The monoisotopic (exact) mass is 363 g/mol. The third kappa shape index (κ3) is 4.14. The Labute approximate surface area is 144 Å². The van der Waals surface area contributed by atoms with Gasteiger partial charge in [-0.3, -0.25) is 4.68 Å². The van der Waals surface area contributed by atoms with Crippen molar-refractivity contribution in [2.24, 2.45) is 5.14 Å². The summed E-state index contributed by atoms with van der Waals surface area (Å²) in [5.41, 5.74) is 2.87. The quantitative estimate of drug-likeness (QED) is 0.755. The molecule has 2 N–H and O–H groups in total. The molecule has 1 heterocycles. The van der Waals surface area contributed by atoms with Crippen molar-refractivity contribution in [2.75, 3.05) is 0 Å². The third-order valence-electron chi connectivity index (χ3n) is 3.30. The van der Waals surface area contributed by atoms with Crippen LogP contribution in [0.2, 0.25) is 5.02 Å². The maximum atomic E-state index is 11.0. The molecule has 0 aliphatic carbocycles. The van der Waals surface area contributed by atoms with Gasteiger partial charge in [-0.15, -0.1) is 0 Å². The van der Waals surface area contributed by atoms with Crippen LogP contribution in [0.5, 0.6) is 5.75 Å². The summed E-state index contributed by atoms with van der Waals surface area (Å²) in [5.74, 6) is -0.00406. The zero-order chi connectivity index (χ0) is 17.2. The minimum Gasteiger partial charge on any atom is -0.369 e. The van der Waals surface area contributed by atoms with Crippen molar-refractivity contribution in [3.63, 3.8) is 0 Å². The molecule has 8 heteroatoms. The molecule has 6 nitrogen and oxygen atoms in total. The molecular weight excluding hydrogens is 350 g/mol. The first-order valence-corrected chi connectivity index (χ1v) is 8.84. The van der Waals surface area contributed by atoms with Gasteiger partial charge in [-0.1, -0.05) is 35.9 Å². The van der Waals surface area contributed by atoms with Gasteiger partial charge in [0.1, 0.15) is 0 Å². The molecule has 0 saturated carbocycles. The molecule has 24 heavy (non-hydrogen) atoms. The third-order valence-corrected chi connectivity index (χ3v) is 4.01. The molecule has 0 saturated heterocycles. The molecule has 0 atom stereocenters. The first-order valence-electron chi connectivity index (χ1n) is 6.99. The smallest absolute Gasteiger partial charge is 0.369 e. The molecule has 3 rings (SSSR count). The van der Waals surface area contributed by atoms with Crippen molar-refractivity contribution in [2.45, 2.75) is 6.54 Å². The van der Waals surface area contributed by atoms with Crippen molar-refractivity contribution in [3.8, 4) is 16.9 Å². The zero-order valence-corrected chi connectivity index (χ0v) is 14.0. The van der Waals surface area contributed by atoms with Crippen LogP contribution in [0.25, 0.3) is 11.1 Å². The summed E-state index contributed by atoms with van der Waals surface area (Å²) >= 11 is 6.08. The molecule has 0 unspecified atom stereocenters. The lowest BCUT2D eigenvalue weighted by atomic mass is 10.0. The highest BCUT2D eigenvalue weighted by Gasteiger charge is 2.11. The van der Waals surface area contributed by atoms with Gasteiger partial charge < -0.3 is 4.18 Å². The van der Waals surface area contributed by atoms with E-state index in [4.69, 9.17) is 16.7 Å². The first kappa shape index (κ1) is 16.5. The van der Waals surface area contributed by atoms with Crippen LogP contribution in [-0.2, 0) is 16.8 Å². The highest BCUT2D eigenvalue weighted by atomic mass is 35.5. The summed E-state index contributed by atoms with van der Waals surface area (Å²) in [5, 5.41) is 9.20. The van der Waals surface area contributed by atoms with Crippen LogP contribution in [0.3, 0.4) is 0 Å². The maximum Gasteiger partial charge on any atom is 0.380 e. The Morgan fingerprint density at radius 1 is 1.12 bits per heavy atom. The Bertz CT molecular complexity index is 956. The van der Waals surface area contributed by atoms with E-state index in [0.717, 1.165) is 16.7 Å². The molecule has 3 aromatic rings. The summed E-state index contributed by atoms with van der Waals surface area (Å²) in [6, 6.07) is 14.6. The number of hydrogen-bond donors (Lipinski definition) is 1. The van der Waals surface area contributed by atoms with Crippen LogP contribution in [-0.4, -0.2) is 18.2 Å². The van der Waals surface area contributed by atoms with Gasteiger partial charge in [-0.25, -0.2) is 0 Å². The van der Waals surface area contributed by atoms with Gasteiger partial charge in [0.15, 0.2) is 5.75 Å². The molecule has 0 aliphatic rings. The highest BCUT2D eigenvalue weighted by Crippen LogP contribution is 2.31. The molecule has 0 fully saturated rings. The fourth-order valence-corrected chi connectivity index (χ4v) is 2.96. The van der Waals surface area contributed by atoms with Gasteiger partial charge in [0.2, 0.25) is 0 Å². The normalized spacial score (nSPS) is 11.4. The van der Waals surface area contributed by atoms with E-state index in [9.17, 15) is 8.42 Å². The van der Waals surface area contributed by atoms with Crippen LogP contribution < -0.4 is 9.32 Å². The van der Waals surface area contributed by atoms with Crippen molar-refractivity contribution >= 4 is 21.9 Å². The largest absolute Gasteiger partial charge is 0.380 e. The Morgan fingerprint density at radius 3 is 2.58 bits per heavy atom. The molecular formula is C16H14ClN3O3S. The lowest BCUT2D eigenvalue weighted by molar-refractivity contribution is 0.488. The lowest BCUT2D eigenvalue weighted by Crippen LogP contribution is -2.19. The fraction of sp³-hybridized carbons (Fsp3) is 0.0625. The fourth-order valence-electron chi connectivity index (χ4n) is 2.30. The predicted octanol–water partition coefficient (Wildman–Crippen LogP) is 2.83. The number of aromatic nitrogens is 2. The molecule has 124 valence electrons. The standard InChI is InChI=1S/C16H14ClN3O3S/c17-15-10-14(5-6-16(15)23-24(18,21)22)13-4-1-3-12(9-13)11-20-8-2-7-19-20/h1-10H,11H2,(H2,18,21,22). The van der Waals surface area contributed by atoms with E-state index in [1.807, 2.05) is 41.2 Å². The average Bonchev–Trinajstić information content (AvgIpc) is 3.01. The van der Waals surface area contributed by atoms with Crippen molar-refractivity contribution < 1.29 is 12.6 Å². The van der Waals surface area contributed by atoms with E-state index in [0.29, 0.717) is 6.54 Å². The van der Waals surface area contributed by atoms with E-state index in [1.54, 1.807) is 18.3 Å². The molecule has 2 aromatic carbocycles. The molecule has 0 radical (unpaired) electrons. The van der Waals surface area contributed by atoms with Gasteiger partial charge in [0.25, 0.3) is 0 Å². The van der Waals surface area contributed by atoms with E-state index < -0.39 is 10.3 Å².